The predicted octanol–water partition coefficient (Wildman–Crippen LogP) is -0.326. The van der Waals surface area contributed by atoms with Crippen LogP contribution in [0, 0.1) is 0 Å². The Bertz CT molecular complexity index is 866. The molecule has 0 aliphatic carbocycles. The molecule has 1 aliphatic heterocycles. The lowest BCUT2D eigenvalue weighted by Crippen LogP contribution is -2.39. The maximum Gasteiger partial charge on any atom is 0.419 e. The van der Waals surface area contributed by atoms with Gasteiger partial charge in [0, 0.05) is 32.7 Å². The van der Waals surface area contributed by atoms with Crippen molar-refractivity contribution in [3.05, 3.63) is 28.7 Å². The molecule has 1 N–H and O–H groups in total. The van der Waals surface area contributed by atoms with E-state index in [1.807, 2.05) is 0 Å². The van der Waals surface area contributed by atoms with Crippen molar-refractivity contribution in [2.45, 2.75) is 4.90 Å². The fourth-order valence-electron chi connectivity index (χ4n) is 2.45. The van der Waals surface area contributed by atoms with Gasteiger partial charge in [0.1, 0.15) is 0 Å². The second-order valence-electron chi connectivity index (χ2n) is 5.45. The number of ether oxygens (including phenoxy) is 1. The maximum absolute atomic E-state index is 12.2. The van der Waals surface area contributed by atoms with Crippen LogP contribution in [0.4, 0.5) is 0 Å². The quantitative estimate of drug-likeness (QED) is 0.558. The molecule has 0 atom stereocenters. The van der Waals surface area contributed by atoms with Gasteiger partial charge >= 0.3 is 5.76 Å². The number of nitrogens with one attached hydrogen (secondary N) is 1. The van der Waals surface area contributed by atoms with Crippen LogP contribution in [-0.2, 0) is 26.6 Å². The first-order valence-corrected chi connectivity index (χ1v) is 8.99. The number of morpholine rings is 1. The number of sulfonamides is 1. The van der Waals surface area contributed by atoms with Gasteiger partial charge in [-0.1, -0.05) is 4.89 Å². The minimum absolute atomic E-state index is 0.0317. The number of nitrogens with zero attached hydrogens (tertiary/aromatic N) is 2. The van der Waals surface area contributed by atoms with E-state index in [2.05, 4.69) is 9.79 Å². The fraction of sp³-hybridized carbons (Fsp3) is 0.500. The topological polar surface area (TPSA) is 103 Å². The number of aryl methyl sites for hydroxylation is 1. The molecule has 1 aliphatic rings. The third-order valence-electron chi connectivity index (χ3n) is 3.86. The summed E-state index contributed by atoms with van der Waals surface area (Å²) in [6.45, 7) is 3.79. The molecular formula is C14H19N3O6S. The number of rotatable bonds is 6. The van der Waals surface area contributed by atoms with Gasteiger partial charge in [0.15, 0.2) is 5.58 Å². The predicted molar refractivity (Wildman–Crippen MR) is 85.0 cm³/mol. The molecule has 24 heavy (non-hydrogen) atoms. The second-order valence-corrected chi connectivity index (χ2v) is 7.09. The molecule has 0 unspecified atom stereocenters. The van der Waals surface area contributed by atoms with Gasteiger partial charge < -0.3 is 9.15 Å². The summed E-state index contributed by atoms with van der Waals surface area (Å²) in [7, 11) is -2.29. The first-order chi connectivity index (χ1) is 11.5. The number of benzene rings is 1. The van der Waals surface area contributed by atoms with Crippen molar-refractivity contribution in [2.75, 3.05) is 39.5 Å². The van der Waals surface area contributed by atoms with Crippen molar-refractivity contribution in [3.63, 3.8) is 0 Å². The van der Waals surface area contributed by atoms with Crippen molar-refractivity contribution in [3.8, 4) is 0 Å². The molecule has 0 amide bonds. The van der Waals surface area contributed by atoms with E-state index in [9.17, 15) is 13.2 Å². The summed E-state index contributed by atoms with van der Waals surface area (Å²) in [4.78, 5) is 20.7. The van der Waals surface area contributed by atoms with Gasteiger partial charge in [-0.3, -0.25) is 14.3 Å². The molecule has 0 saturated carbocycles. The second kappa shape index (κ2) is 7.03. The zero-order valence-corrected chi connectivity index (χ0v) is 14.0. The van der Waals surface area contributed by atoms with Gasteiger partial charge in [0.05, 0.1) is 30.2 Å². The van der Waals surface area contributed by atoms with E-state index >= 15 is 0 Å². The first-order valence-electron chi connectivity index (χ1n) is 7.51. The van der Waals surface area contributed by atoms with Crippen molar-refractivity contribution in [1.29, 1.82) is 0 Å². The molecule has 2 aromatic rings. The third-order valence-corrected chi connectivity index (χ3v) is 5.07. The smallest absolute Gasteiger partial charge is 0.408 e. The first kappa shape index (κ1) is 17.1. The summed E-state index contributed by atoms with van der Waals surface area (Å²) in [5.41, 5.74) is 0.728. The van der Waals surface area contributed by atoms with Crippen molar-refractivity contribution in [2.24, 2.45) is 7.05 Å². The zero-order chi connectivity index (χ0) is 17.2. The summed E-state index contributed by atoms with van der Waals surface area (Å²) in [5, 5.41) is 0. The lowest BCUT2D eigenvalue weighted by molar-refractivity contribution is 0.0125. The zero-order valence-electron chi connectivity index (χ0n) is 13.2. The van der Waals surface area contributed by atoms with Crippen molar-refractivity contribution in [1.82, 2.24) is 14.4 Å². The Morgan fingerprint density at radius 1 is 1.29 bits per heavy atom. The number of hydrogen-bond acceptors (Lipinski definition) is 7. The van der Waals surface area contributed by atoms with E-state index in [1.165, 1.54) is 22.8 Å². The van der Waals surface area contributed by atoms with Crippen LogP contribution in [0.15, 0.2) is 32.3 Å². The highest BCUT2D eigenvalue weighted by Crippen LogP contribution is 2.17. The molecule has 132 valence electrons. The average molecular weight is 357 g/mol. The van der Waals surface area contributed by atoms with Gasteiger partial charge in [0.25, 0.3) is 10.0 Å². The van der Waals surface area contributed by atoms with E-state index in [0.717, 1.165) is 13.1 Å². The summed E-state index contributed by atoms with van der Waals surface area (Å²) in [6.07, 6.45) is 0. The third kappa shape index (κ3) is 3.68. The van der Waals surface area contributed by atoms with E-state index in [0.29, 0.717) is 25.3 Å². The van der Waals surface area contributed by atoms with Crippen LogP contribution in [0.3, 0.4) is 0 Å². The normalized spacial score (nSPS) is 16.7. The minimum Gasteiger partial charge on any atom is -0.408 e. The van der Waals surface area contributed by atoms with Gasteiger partial charge in [-0.25, -0.2) is 13.2 Å². The van der Waals surface area contributed by atoms with E-state index < -0.39 is 15.8 Å². The molecule has 9 nitrogen and oxygen atoms in total. The van der Waals surface area contributed by atoms with Crippen molar-refractivity contribution < 1.29 is 22.4 Å². The Kier molecular flexibility index (Phi) is 5.01. The highest BCUT2D eigenvalue weighted by atomic mass is 32.2. The van der Waals surface area contributed by atoms with Crippen LogP contribution in [0.25, 0.3) is 11.1 Å². The standard InChI is InChI=1S/C14H19N3O6S/c1-16-12-3-2-11(10-13(12)23-14(16)18)24(19,20)15-22-9-6-17-4-7-21-8-5-17/h2-3,10,15H,4-9H2,1H3. The molecule has 1 aromatic heterocycles. The van der Waals surface area contributed by atoms with Crippen LogP contribution in [0.1, 0.15) is 0 Å². The molecule has 10 heteroatoms. The lowest BCUT2D eigenvalue weighted by Gasteiger charge is -2.26. The molecule has 0 radical (unpaired) electrons. The number of hydrogen-bond donors (Lipinski definition) is 1. The molecule has 0 bridgehead atoms. The molecule has 1 aromatic carbocycles. The fourth-order valence-corrected chi connectivity index (χ4v) is 3.29. The molecule has 0 spiro atoms. The minimum atomic E-state index is -3.85. The Morgan fingerprint density at radius 3 is 2.79 bits per heavy atom. The largest absolute Gasteiger partial charge is 0.419 e. The van der Waals surface area contributed by atoms with Crippen LogP contribution < -0.4 is 10.6 Å². The molecule has 1 saturated heterocycles. The van der Waals surface area contributed by atoms with Gasteiger partial charge in [0.2, 0.25) is 0 Å². The SMILES string of the molecule is Cn1c(=O)oc2cc(S(=O)(=O)NOCCN3CCOCC3)ccc21. The van der Waals surface area contributed by atoms with Crippen LogP contribution in [0.5, 0.6) is 0 Å². The Morgan fingerprint density at radius 2 is 2.04 bits per heavy atom. The van der Waals surface area contributed by atoms with Gasteiger partial charge in [-0.05, 0) is 12.1 Å². The highest BCUT2D eigenvalue weighted by molar-refractivity contribution is 7.89. The molecular weight excluding hydrogens is 338 g/mol. The van der Waals surface area contributed by atoms with Crippen LogP contribution in [-0.4, -0.2) is 57.3 Å². The Hall–Kier alpha value is -1.72. The lowest BCUT2D eigenvalue weighted by atomic mass is 10.3. The Labute approximate surface area is 138 Å². The molecule has 1 fully saturated rings. The average Bonchev–Trinajstić information content (AvgIpc) is 2.87. The Balaban J connectivity index is 1.61. The summed E-state index contributed by atoms with van der Waals surface area (Å²) in [5.74, 6) is -0.547. The molecule has 3 rings (SSSR count). The maximum atomic E-state index is 12.2. The number of oxazole rings is 1. The summed E-state index contributed by atoms with van der Waals surface area (Å²) >= 11 is 0. The number of fused-ring (bicyclic) bond motifs is 1. The molecule has 2 heterocycles. The van der Waals surface area contributed by atoms with Crippen molar-refractivity contribution >= 4 is 21.1 Å². The van der Waals surface area contributed by atoms with E-state index in [1.54, 1.807) is 7.05 Å². The summed E-state index contributed by atoms with van der Waals surface area (Å²) < 4.78 is 36.0. The van der Waals surface area contributed by atoms with Crippen LogP contribution >= 0.6 is 0 Å². The van der Waals surface area contributed by atoms with E-state index in [4.69, 9.17) is 14.0 Å². The number of aromatic nitrogens is 1. The monoisotopic (exact) mass is 357 g/mol. The highest BCUT2D eigenvalue weighted by Gasteiger charge is 2.17. The van der Waals surface area contributed by atoms with Gasteiger partial charge in [-0.2, -0.15) is 0 Å². The summed E-state index contributed by atoms with van der Waals surface area (Å²) in [6, 6.07) is 4.21. The van der Waals surface area contributed by atoms with E-state index in [-0.39, 0.29) is 17.1 Å². The van der Waals surface area contributed by atoms with Gasteiger partial charge in [-0.15, -0.1) is 0 Å². The van der Waals surface area contributed by atoms with Crippen LogP contribution in [0.2, 0.25) is 0 Å².